The number of likely N-dealkylation sites (tertiary alicyclic amines) is 1. The van der Waals surface area contributed by atoms with Crippen LogP contribution >= 0.6 is 0 Å². The summed E-state index contributed by atoms with van der Waals surface area (Å²) < 4.78 is 0. The van der Waals surface area contributed by atoms with Gasteiger partial charge in [-0.15, -0.1) is 0 Å². The number of aromatic amines is 1. The lowest BCUT2D eigenvalue weighted by atomic mass is 9.87. The number of rotatable bonds is 3. The van der Waals surface area contributed by atoms with Crippen molar-refractivity contribution in [3.05, 3.63) is 65.9 Å². The van der Waals surface area contributed by atoms with Crippen LogP contribution in [0.2, 0.25) is 0 Å². The van der Waals surface area contributed by atoms with E-state index in [1.807, 2.05) is 48.5 Å². The average molecular weight is 375 g/mol. The molecule has 3 heterocycles. The number of aliphatic hydroxyl groups is 1. The number of H-pyrrole nitrogens is 1. The molecule has 28 heavy (non-hydrogen) atoms. The molecule has 5 rings (SSSR count). The number of aromatic nitrogens is 1. The van der Waals surface area contributed by atoms with Crippen LogP contribution in [0, 0.1) is 0 Å². The molecule has 1 aromatic heterocycles. The lowest BCUT2D eigenvalue weighted by Crippen LogP contribution is -2.49. The molecule has 3 aromatic rings. The number of carbonyl (C=O) groups excluding carboxylic acids is 1. The van der Waals surface area contributed by atoms with Crippen LogP contribution in [0.4, 0.5) is 5.69 Å². The average Bonchev–Trinajstić information content (AvgIpc) is 3.24. The third-order valence-corrected chi connectivity index (χ3v) is 6.38. The molecule has 2 aromatic carbocycles. The first-order chi connectivity index (χ1) is 13.6. The Balaban J connectivity index is 1.61. The van der Waals surface area contributed by atoms with E-state index in [0.717, 1.165) is 36.0 Å². The summed E-state index contributed by atoms with van der Waals surface area (Å²) in [6.45, 7) is 3.72. The molecule has 5 heteroatoms. The van der Waals surface area contributed by atoms with Crippen LogP contribution < -0.4 is 4.90 Å². The van der Waals surface area contributed by atoms with Crippen LogP contribution in [0.3, 0.4) is 0 Å². The number of piperidine rings is 1. The van der Waals surface area contributed by atoms with Gasteiger partial charge in [0.1, 0.15) is 0 Å². The minimum absolute atomic E-state index is 0.267. The number of fused-ring (bicyclic) bond motifs is 2. The Morgan fingerprint density at radius 1 is 1.11 bits per heavy atom. The summed E-state index contributed by atoms with van der Waals surface area (Å²) >= 11 is 0. The Morgan fingerprint density at radius 2 is 1.89 bits per heavy atom. The van der Waals surface area contributed by atoms with Crippen molar-refractivity contribution in [2.45, 2.75) is 37.8 Å². The minimum Gasteiger partial charge on any atom is -0.372 e. The zero-order valence-corrected chi connectivity index (χ0v) is 16.1. The van der Waals surface area contributed by atoms with Crippen LogP contribution in [0.5, 0.6) is 0 Å². The first-order valence-electron chi connectivity index (χ1n) is 10.0. The number of anilines is 1. The number of hydrogen-bond acceptors (Lipinski definition) is 3. The number of amides is 1. The van der Waals surface area contributed by atoms with Crippen molar-refractivity contribution in [2.24, 2.45) is 0 Å². The zero-order valence-electron chi connectivity index (χ0n) is 16.1. The quantitative estimate of drug-likeness (QED) is 0.736. The molecule has 2 aliphatic rings. The van der Waals surface area contributed by atoms with Gasteiger partial charge in [-0.3, -0.25) is 14.6 Å². The third kappa shape index (κ3) is 2.43. The number of nitrogens with zero attached hydrogens (tertiary/aromatic N) is 2. The lowest BCUT2D eigenvalue weighted by molar-refractivity contribution is -0.132. The lowest BCUT2D eigenvalue weighted by Gasteiger charge is -2.36. The first kappa shape index (κ1) is 17.5. The van der Waals surface area contributed by atoms with Gasteiger partial charge < -0.3 is 10.1 Å². The van der Waals surface area contributed by atoms with Gasteiger partial charge in [-0.05, 0) is 31.9 Å². The van der Waals surface area contributed by atoms with Crippen LogP contribution in [-0.2, 0) is 10.4 Å². The van der Waals surface area contributed by atoms with E-state index >= 15 is 0 Å². The SMILES string of the molecule is CC1CCCCN1CN1C(=O)C(O)(c2c[nH]c3ccccc23)c2ccccc21. The predicted molar refractivity (Wildman–Crippen MR) is 110 cm³/mol. The standard InChI is InChI=1S/C23H25N3O2/c1-16-8-6-7-13-25(16)15-26-21-12-5-3-10-18(21)23(28,22(26)27)19-14-24-20-11-4-2-9-17(19)20/h2-5,9-12,14,16,24,28H,6-8,13,15H2,1H3. The van der Waals surface area contributed by atoms with E-state index in [4.69, 9.17) is 0 Å². The van der Waals surface area contributed by atoms with Gasteiger partial charge >= 0.3 is 0 Å². The Hall–Kier alpha value is -2.63. The number of benzene rings is 2. The van der Waals surface area contributed by atoms with Crippen molar-refractivity contribution in [3.8, 4) is 0 Å². The Labute approximate surface area is 164 Å². The van der Waals surface area contributed by atoms with E-state index in [9.17, 15) is 9.90 Å². The van der Waals surface area contributed by atoms with Gasteiger partial charge in [-0.25, -0.2) is 0 Å². The fourth-order valence-corrected chi connectivity index (χ4v) is 4.76. The molecular weight excluding hydrogens is 350 g/mol. The van der Waals surface area contributed by atoms with Gasteiger partial charge in [0.15, 0.2) is 5.60 Å². The molecule has 0 bridgehead atoms. The third-order valence-electron chi connectivity index (χ3n) is 6.38. The summed E-state index contributed by atoms with van der Waals surface area (Å²) in [4.78, 5) is 21.0. The van der Waals surface area contributed by atoms with E-state index in [-0.39, 0.29) is 5.91 Å². The van der Waals surface area contributed by atoms with E-state index in [0.29, 0.717) is 23.8 Å². The molecule has 0 saturated carbocycles. The van der Waals surface area contributed by atoms with Crippen LogP contribution in [-0.4, -0.2) is 40.2 Å². The highest BCUT2D eigenvalue weighted by molar-refractivity contribution is 6.11. The van der Waals surface area contributed by atoms with E-state index in [1.54, 1.807) is 11.1 Å². The maximum absolute atomic E-state index is 13.6. The Morgan fingerprint density at radius 3 is 2.75 bits per heavy atom. The molecule has 1 saturated heterocycles. The van der Waals surface area contributed by atoms with Gasteiger partial charge in [-0.1, -0.05) is 42.8 Å². The maximum atomic E-state index is 13.6. The van der Waals surface area contributed by atoms with Crippen molar-refractivity contribution in [1.29, 1.82) is 0 Å². The van der Waals surface area contributed by atoms with Crippen LogP contribution in [0.1, 0.15) is 37.3 Å². The molecule has 0 aliphatic carbocycles. The summed E-state index contributed by atoms with van der Waals surface area (Å²) in [5, 5.41) is 12.7. The largest absolute Gasteiger partial charge is 0.372 e. The topological polar surface area (TPSA) is 59.6 Å². The van der Waals surface area contributed by atoms with Crippen LogP contribution in [0.25, 0.3) is 10.9 Å². The van der Waals surface area contributed by atoms with Gasteiger partial charge in [0.05, 0.1) is 12.4 Å². The van der Waals surface area contributed by atoms with Gasteiger partial charge in [0.2, 0.25) is 0 Å². The molecular formula is C23H25N3O2. The smallest absolute Gasteiger partial charge is 0.269 e. The summed E-state index contributed by atoms with van der Waals surface area (Å²) in [6.07, 6.45) is 5.31. The molecule has 5 nitrogen and oxygen atoms in total. The second-order valence-electron chi connectivity index (χ2n) is 8.01. The molecule has 2 N–H and O–H groups in total. The number of carbonyl (C=O) groups is 1. The highest BCUT2D eigenvalue weighted by atomic mass is 16.3. The van der Waals surface area contributed by atoms with Crippen molar-refractivity contribution >= 4 is 22.5 Å². The van der Waals surface area contributed by atoms with Gasteiger partial charge in [0.25, 0.3) is 5.91 Å². The van der Waals surface area contributed by atoms with E-state index in [1.165, 1.54) is 6.42 Å². The maximum Gasteiger partial charge on any atom is 0.269 e. The fraction of sp³-hybridized carbons (Fsp3) is 0.348. The molecule has 1 amide bonds. The van der Waals surface area contributed by atoms with Crippen LogP contribution in [0.15, 0.2) is 54.7 Å². The summed E-state index contributed by atoms with van der Waals surface area (Å²) in [6, 6.07) is 15.9. The van der Waals surface area contributed by atoms with Crippen molar-refractivity contribution in [1.82, 2.24) is 9.88 Å². The normalized spacial score (nSPS) is 25.4. The predicted octanol–water partition coefficient (Wildman–Crippen LogP) is 3.58. The second kappa shape index (κ2) is 6.47. The number of hydrogen-bond donors (Lipinski definition) is 2. The molecule has 0 spiro atoms. The zero-order chi connectivity index (χ0) is 19.3. The Kier molecular flexibility index (Phi) is 4.03. The van der Waals surface area contributed by atoms with Gasteiger partial charge in [0, 0.05) is 40.8 Å². The number of nitrogens with one attached hydrogen (secondary N) is 1. The molecule has 144 valence electrons. The minimum atomic E-state index is -1.67. The summed E-state index contributed by atoms with van der Waals surface area (Å²) in [5.41, 5.74) is 1.33. The molecule has 2 aliphatic heterocycles. The van der Waals surface area contributed by atoms with Crippen molar-refractivity contribution in [2.75, 3.05) is 18.1 Å². The molecule has 1 fully saturated rings. The second-order valence-corrected chi connectivity index (χ2v) is 8.01. The van der Waals surface area contributed by atoms with Crippen molar-refractivity contribution in [3.63, 3.8) is 0 Å². The van der Waals surface area contributed by atoms with Crippen molar-refractivity contribution < 1.29 is 9.90 Å². The fourth-order valence-electron chi connectivity index (χ4n) is 4.76. The first-order valence-corrected chi connectivity index (χ1v) is 10.0. The van der Waals surface area contributed by atoms with E-state index < -0.39 is 5.60 Å². The number of para-hydroxylation sites is 2. The van der Waals surface area contributed by atoms with E-state index in [2.05, 4.69) is 16.8 Å². The molecule has 2 unspecified atom stereocenters. The van der Waals surface area contributed by atoms with Gasteiger partial charge in [-0.2, -0.15) is 0 Å². The molecule has 2 atom stereocenters. The summed E-state index contributed by atoms with van der Waals surface area (Å²) in [7, 11) is 0. The summed E-state index contributed by atoms with van der Waals surface area (Å²) in [5.74, 6) is -0.267. The highest BCUT2D eigenvalue weighted by Gasteiger charge is 2.52. The Bertz CT molecular complexity index is 1040. The highest BCUT2D eigenvalue weighted by Crippen LogP contribution is 2.46. The molecule has 0 radical (unpaired) electrons. The monoisotopic (exact) mass is 375 g/mol.